The van der Waals surface area contributed by atoms with Crippen molar-refractivity contribution in [1.29, 1.82) is 0 Å². The van der Waals surface area contributed by atoms with E-state index in [1.165, 1.54) is 12.1 Å². The fraction of sp³-hybridized carbons (Fsp3) is 0.462. The largest absolute Gasteiger partial charge is 0.505 e. The molecule has 1 amide bonds. The normalized spacial score (nSPS) is 10.7. The molecular weight excluding hydrogens is 235 g/mol. The first kappa shape index (κ1) is 14.4. The van der Waals surface area contributed by atoms with E-state index < -0.39 is 5.82 Å². The second kappa shape index (κ2) is 6.96. The predicted molar refractivity (Wildman–Crippen MR) is 67.7 cm³/mol. The minimum absolute atomic E-state index is 0.00520. The molecule has 0 aromatic heterocycles. The molecule has 0 atom stereocenters. The molecule has 3 N–H and O–H groups in total. The van der Waals surface area contributed by atoms with Crippen molar-refractivity contribution in [3.63, 3.8) is 0 Å². The molecule has 5 heteroatoms. The van der Waals surface area contributed by atoms with E-state index in [4.69, 9.17) is 5.11 Å². The number of hydrogen-bond acceptors (Lipinski definition) is 3. The first-order valence-corrected chi connectivity index (χ1v) is 5.96. The third-order valence-corrected chi connectivity index (χ3v) is 2.32. The van der Waals surface area contributed by atoms with Crippen LogP contribution in [0, 0.1) is 5.82 Å². The highest BCUT2D eigenvalue weighted by atomic mass is 19.1. The highest BCUT2D eigenvalue weighted by Gasteiger charge is 2.03. The van der Waals surface area contributed by atoms with Crippen LogP contribution in [-0.4, -0.2) is 23.6 Å². The zero-order valence-electron chi connectivity index (χ0n) is 10.7. The van der Waals surface area contributed by atoms with E-state index in [0.717, 1.165) is 5.56 Å². The lowest BCUT2D eigenvalue weighted by Gasteiger charge is -2.09. The standard InChI is InChI=1S/C13H19FN2O2/c1-9(2)16-13(18)5-6-15-8-10-3-4-12(17)11(14)7-10/h3-4,7,9,15,17H,5-6,8H2,1-2H3,(H,16,18). The van der Waals surface area contributed by atoms with Crippen LogP contribution in [-0.2, 0) is 11.3 Å². The van der Waals surface area contributed by atoms with Crippen molar-refractivity contribution in [2.75, 3.05) is 6.54 Å². The van der Waals surface area contributed by atoms with Gasteiger partial charge in [-0.15, -0.1) is 0 Å². The van der Waals surface area contributed by atoms with Crippen LogP contribution >= 0.6 is 0 Å². The number of phenols is 1. The van der Waals surface area contributed by atoms with Crippen molar-refractivity contribution in [1.82, 2.24) is 10.6 Å². The number of hydrogen-bond donors (Lipinski definition) is 3. The summed E-state index contributed by atoms with van der Waals surface area (Å²) in [7, 11) is 0. The van der Waals surface area contributed by atoms with Gasteiger partial charge in [0.25, 0.3) is 0 Å². The molecule has 100 valence electrons. The fourth-order valence-corrected chi connectivity index (χ4v) is 1.49. The van der Waals surface area contributed by atoms with E-state index in [0.29, 0.717) is 19.5 Å². The van der Waals surface area contributed by atoms with Crippen LogP contribution in [0.1, 0.15) is 25.8 Å². The molecule has 0 aliphatic carbocycles. The SMILES string of the molecule is CC(C)NC(=O)CCNCc1ccc(O)c(F)c1. The van der Waals surface area contributed by atoms with E-state index >= 15 is 0 Å². The van der Waals surface area contributed by atoms with Gasteiger partial charge in [0.05, 0.1) is 0 Å². The number of halogens is 1. The van der Waals surface area contributed by atoms with Gasteiger partial charge in [-0.3, -0.25) is 4.79 Å². The van der Waals surface area contributed by atoms with Gasteiger partial charge in [0.1, 0.15) is 0 Å². The molecule has 0 saturated carbocycles. The molecule has 0 unspecified atom stereocenters. The van der Waals surface area contributed by atoms with Crippen molar-refractivity contribution < 1.29 is 14.3 Å². The Labute approximate surface area is 106 Å². The fourth-order valence-electron chi connectivity index (χ4n) is 1.49. The second-order valence-corrected chi connectivity index (χ2v) is 4.43. The van der Waals surface area contributed by atoms with Gasteiger partial charge in [0, 0.05) is 25.6 Å². The van der Waals surface area contributed by atoms with Crippen LogP contribution in [0.2, 0.25) is 0 Å². The maximum absolute atomic E-state index is 13.0. The monoisotopic (exact) mass is 254 g/mol. The van der Waals surface area contributed by atoms with Crippen molar-refractivity contribution in [2.24, 2.45) is 0 Å². The molecule has 0 saturated heterocycles. The van der Waals surface area contributed by atoms with Gasteiger partial charge >= 0.3 is 0 Å². The molecule has 0 spiro atoms. The Morgan fingerprint density at radius 3 is 2.78 bits per heavy atom. The van der Waals surface area contributed by atoms with Gasteiger partial charge < -0.3 is 15.7 Å². The Hall–Kier alpha value is -1.62. The van der Waals surface area contributed by atoms with E-state index in [1.54, 1.807) is 6.07 Å². The van der Waals surface area contributed by atoms with Crippen molar-refractivity contribution >= 4 is 5.91 Å². The molecule has 0 fully saturated rings. The highest BCUT2D eigenvalue weighted by Crippen LogP contribution is 2.15. The van der Waals surface area contributed by atoms with E-state index in [9.17, 15) is 9.18 Å². The van der Waals surface area contributed by atoms with E-state index in [2.05, 4.69) is 10.6 Å². The average molecular weight is 254 g/mol. The Morgan fingerprint density at radius 1 is 1.44 bits per heavy atom. The predicted octanol–water partition coefficient (Wildman–Crippen LogP) is 1.54. The summed E-state index contributed by atoms with van der Waals surface area (Å²) < 4.78 is 13.0. The molecule has 1 aromatic carbocycles. The quantitative estimate of drug-likeness (QED) is 0.675. The molecule has 1 aromatic rings. The lowest BCUT2D eigenvalue weighted by Crippen LogP contribution is -2.32. The minimum atomic E-state index is -0.633. The summed E-state index contributed by atoms with van der Waals surface area (Å²) in [6, 6.07) is 4.37. The summed E-state index contributed by atoms with van der Waals surface area (Å²) in [6.07, 6.45) is 0.388. The van der Waals surface area contributed by atoms with Crippen LogP contribution < -0.4 is 10.6 Å². The van der Waals surface area contributed by atoms with Gasteiger partial charge in [0.2, 0.25) is 5.91 Å². The summed E-state index contributed by atoms with van der Waals surface area (Å²) in [6.45, 7) is 4.81. The molecule has 0 aliphatic heterocycles. The van der Waals surface area contributed by atoms with Crippen LogP contribution in [0.25, 0.3) is 0 Å². The molecular formula is C13H19FN2O2. The number of nitrogens with one attached hydrogen (secondary N) is 2. The van der Waals surface area contributed by atoms with Crippen molar-refractivity contribution in [3.8, 4) is 5.75 Å². The van der Waals surface area contributed by atoms with E-state index in [-0.39, 0.29) is 17.7 Å². The van der Waals surface area contributed by atoms with Crippen molar-refractivity contribution in [3.05, 3.63) is 29.6 Å². The minimum Gasteiger partial charge on any atom is -0.505 e. The Bertz CT molecular complexity index is 408. The Morgan fingerprint density at radius 2 is 2.17 bits per heavy atom. The van der Waals surface area contributed by atoms with Gasteiger partial charge in [0.15, 0.2) is 11.6 Å². The molecule has 0 bridgehead atoms. The number of phenolic OH excluding ortho intramolecular Hbond substituents is 1. The zero-order chi connectivity index (χ0) is 13.5. The Balaban J connectivity index is 2.25. The molecule has 0 radical (unpaired) electrons. The van der Waals surface area contributed by atoms with Crippen LogP contribution in [0.3, 0.4) is 0 Å². The maximum Gasteiger partial charge on any atom is 0.221 e. The maximum atomic E-state index is 13.0. The van der Waals surface area contributed by atoms with E-state index in [1.807, 2.05) is 13.8 Å². The van der Waals surface area contributed by atoms with Gasteiger partial charge in [-0.05, 0) is 31.5 Å². The average Bonchev–Trinajstić information content (AvgIpc) is 2.28. The second-order valence-electron chi connectivity index (χ2n) is 4.43. The van der Waals surface area contributed by atoms with Gasteiger partial charge in [-0.2, -0.15) is 0 Å². The third kappa shape index (κ3) is 5.14. The number of carbonyl (C=O) groups excluding carboxylic acids is 1. The third-order valence-electron chi connectivity index (χ3n) is 2.32. The molecule has 4 nitrogen and oxygen atoms in total. The lowest BCUT2D eigenvalue weighted by molar-refractivity contribution is -0.121. The molecule has 1 rings (SSSR count). The Kier molecular flexibility index (Phi) is 5.58. The topological polar surface area (TPSA) is 61.4 Å². The molecule has 0 aliphatic rings. The molecule has 0 heterocycles. The highest BCUT2D eigenvalue weighted by molar-refractivity contribution is 5.76. The van der Waals surface area contributed by atoms with Crippen LogP contribution in [0.4, 0.5) is 4.39 Å². The lowest BCUT2D eigenvalue weighted by atomic mass is 10.2. The number of amides is 1. The summed E-state index contributed by atoms with van der Waals surface area (Å²) >= 11 is 0. The summed E-state index contributed by atoms with van der Waals surface area (Å²) in [5, 5.41) is 14.9. The first-order valence-electron chi connectivity index (χ1n) is 5.96. The van der Waals surface area contributed by atoms with Gasteiger partial charge in [-0.1, -0.05) is 6.07 Å². The first-order chi connectivity index (χ1) is 8.49. The van der Waals surface area contributed by atoms with Crippen LogP contribution in [0.5, 0.6) is 5.75 Å². The van der Waals surface area contributed by atoms with Crippen molar-refractivity contribution in [2.45, 2.75) is 32.9 Å². The summed E-state index contributed by atoms with van der Waals surface area (Å²) in [5.74, 6) is -0.990. The smallest absolute Gasteiger partial charge is 0.221 e. The summed E-state index contributed by atoms with van der Waals surface area (Å²) in [4.78, 5) is 11.3. The number of carbonyl (C=O) groups is 1. The molecule has 18 heavy (non-hydrogen) atoms. The zero-order valence-corrected chi connectivity index (χ0v) is 10.7. The van der Waals surface area contributed by atoms with Crippen LogP contribution in [0.15, 0.2) is 18.2 Å². The number of rotatable bonds is 6. The number of benzene rings is 1. The number of aromatic hydroxyl groups is 1. The summed E-state index contributed by atoms with van der Waals surface area (Å²) in [5.41, 5.74) is 0.731. The van der Waals surface area contributed by atoms with Gasteiger partial charge in [-0.25, -0.2) is 4.39 Å².